The Morgan fingerprint density at radius 1 is 1.44 bits per heavy atom. The Bertz CT molecular complexity index is 411. The van der Waals surface area contributed by atoms with Crippen molar-refractivity contribution in [3.05, 3.63) is 6.33 Å². The molecule has 0 bridgehead atoms. The minimum absolute atomic E-state index is 0.0420. The van der Waals surface area contributed by atoms with Crippen molar-refractivity contribution in [3.8, 4) is 5.88 Å². The van der Waals surface area contributed by atoms with Crippen LogP contribution in [0.1, 0.15) is 20.3 Å². The average molecular weight is 252 g/mol. The van der Waals surface area contributed by atoms with Crippen LogP contribution in [0, 0.1) is 0 Å². The minimum Gasteiger partial charge on any atom is -0.473 e. The van der Waals surface area contributed by atoms with Crippen LogP contribution in [0.3, 0.4) is 0 Å². The summed E-state index contributed by atoms with van der Waals surface area (Å²) >= 11 is 0. The molecule has 0 spiro atoms. The fourth-order valence-electron chi connectivity index (χ4n) is 2.05. The van der Waals surface area contributed by atoms with Crippen LogP contribution < -0.4 is 15.4 Å². The molecule has 0 radical (unpaired) electrons. The monoisotopic (exact) mass is 252 g/mol. The number of aromatic nitrogens is 2. The molecule has 1 aliphatic rings. The van der Waals surface area contributed by atoms with Gasteiger partial charge < -0.3 is 20.1 Å². The highest BCUT2D eigenvalue weighted by molar-refractivity contribution is 5.68. The summed E-state index contributed by atoms with van der Waals surface area (Å²) in [5.41, 5.74) is 6.57. The third kappa shape index (κ3) is 2.64. The summed E-state index contributed by atoms with van der Waals surface area (Å²) in [5.74, 6) is 1.19. The Kier molecular flexibility index (Phi) is 3.86. The van der Waals surface area contributed by atoms with Gasteiger partial charge in [0.2, 0.25) is 5.88 Å². The molecule has 0 aromatic carbocycles. The van der Waals surface area contributed by atoms with Crippen LogP contribution in [0.5, 0.6) is 5.88 Å². The van der Waals surface area contributed by atoms with E-state index < -0.39 is 0 Å². The van der Waals surface area contributed by atoms with E-state index >= 15 is 0 Å². The first-order chi connectivity index (χ1) is 8.61. The SMILES string of the molecule is COC1CCN(c2ncnc(OC(C)C)c2N)C1. The van der Waals surface area contributed by atoms with Gasteiger partial charge in [0.05, 0.1) is 12.2 Å². The van der Waals surface area contributed by atoms with Crippen molar-refractivity contribution in [3.63, 3.8) is 0 Å². The largest absolute Gasteiger partial charge is 0.473 e. The second-order valence-electron chi connectivity index (χ2n) is 4.68. The Labute approximate surface area is 107 Å². The lowest BCUT2D eigenvalue weighted by molar-refractivity contribution is 0.121. The second kappa shape index (κ2) is 5.39. The van der Waals surface area contributed by atoms with Crippen LogP contribution in [-0.2, 0) is 4.74 Å². The van der Waals surface area contributed by atoms with E-state index in [0.29, 0.717) is 11.6 Å². The predicted octanol–water partition coefficient (Wildman–Crippen LogP) is 1.07. The summed E-state index contributed by atoms with van der Waals surface area (Å²) < 4.78 is 10.9. The molecule has 6 nitrogen and oxygen atoms in total. The topological polar surface area (TPSA) is 73.5 Å². The highest BCUT2D eigenvalue weighted by Crippen LogP contribution is 2.30. The highest BCUT2D eigenvalue weighted by atomic mass is 16.5. The Balaban J connectivity index is 2.18. The molecule has 1 fully saturated rings. The van der Waals surface area contributed by atoms with Crippen molar-refractivity contribution in [1.29, 1.82) is 0 Å². The minimum atomic E-state index is 0.0420. The lowest BCUT2D eigenvalue weighted by atomic mass is 10.3. The zero-order valence-electron chi connectivity index (χ0n) is 11.1. The maximum atomic E-state index is 6.07. The van der Waals surface area contributed by atoms with Crippen molar-refractivity contribution in [1.82, 2.24) is 9.97 Å². The molecule has 1 atom stereocenters. The first kappa shape index (κ1) is 12.9. The molecule has 18 heavy (non-hydrogen) atoms. The number of nitrogens with zero attached hydrogens (tertiary/aromatic N) is 3. The Hall–Kier alpha value is -1.56. The van der Waals surface area contributed by atoms with Gasteiger partial charge >= 0.3 is 0 Å². The molecule has 6 heteroatoms. The fraction of sp³-hybridized carbons (Fsp3) is 0.667. The molecule has 2 heterocycles. The molecular formula is C12H20N4O2. The zero-order chi connectivity index (χ0) is 13.1. The number of nitrogen functional groups attached to an aromatic ring is 1. The third-order valence-electron chi connectivity index (χ3n) is 2.95. The van der Waals surface area contributed by atoms with Gasteiger partial charge in [-0.15, -0.1) is 0 Å². The number of ether oxygens (including phenoxy) is 2. The molecule has 0 saturated carbocycles. The van der Waals surface area contributed by atoms with Crippen molar-refractivity contribution < 1.29 is 9.47 Å². The maximum absolute atomic E-state index is 6.07. The molecule has 1 unspecified atom stereocenters. The van der Waals surface area contributed by atoms with Crippen molar-refractivity contribution >= 4 is 11.5 Å². The van der Waals surface area contributed by atoms with Gasteiger partial charge in [-0.1, -0.05) is 0 Å². The molecule has 1 saturated heterocycles. The van der Waals surface area contributed by atoms with E-state index in [-0.39, 0.29) is 12.2 Å². The molecule has 0 aliphatic carbocycles. The highest BCUT2D eigenvalue weighted by Gasteiger charge is 2.26. The number of methoxy groups -OCH3 is 1. The second-order valence-corrected chi connectivity index (χ2v) is 4.68. The molecule has 2 rings (SSSR count). The molecule has 1 aromatic rings. The van der Waals surface area contributed by atoms with Gasteiger partial charge in [-0.2, -0.15) is 4.98 Å². The quantitative estimate of drug-likeness (QED) is 0.864. The molecule has 0 amide bonds. The maximum Gasteiger partial charge on any atom is 0.242 e. The van der Waals surface area contributed by atoms with Crippen LogP contribution in [0.15, 0.2) is 6.33 Å². The summed E-state index contributed by atoms with van der Waals surface area (Å²) in [6.45, 7) is 5.58. The van der Waals surface area contributed by atoms with Gasteiger partial charge in [-0.3, -0.25) is 0 Å². The van der Waals surface area contributed by atoms with E-state index in [9.17, 15) is 0 Å². The summed E-state index contributed by atoms with van der Waals surface area (Å²) in [4.78, 5) is 10.4. The number of anilines is 2. The van der Waals surface area contributed by atoms with Crippen molar-refractivity contribution in [2.24, 2.45) is 0 Å². The molecule has 2 N–H and O–H groups in total. The lowest BCUT2D eigenvalue weighted by Crippen LogP contribution is -2.24. The molecule has 1 aromatic heterocycles. The predicted molar refractivity (Wildman–Crippen MR) is 69.8 cm³/mol. The Morgan fingerprint density at radius 3 is 2.83 bits per heavy atom. The van der Waals surface area contributed by atoms with Gasteiger partial charge in [0.25, 0.3) is 0 Å². The van der Waals surface area contributed by atoms with Crippen LogP contribution in [0.25, 0.3) is 0 Å². The van der Waals surface area contributed by atoms with Crippen LogP contribution in [0.2, 0.25) is 0 Å². The summed E-state index contributed by atoms with van der Waals surface area (Å²) in [6, 6.07) is 0. The summed E-state index contributed by atoms with van der Waals surface area (Å²) in [6.07, 6.45) is 2.76. The molecule has 1 aliphatic heterocycles. The van der Waals surface area contributed by atoms with Crippen LogP contribution in [0.4, 0.5) is 11.5 Å². The zero-order valence-corrected chi connectivity index (χ0v) is 11.1. The number of hydrogen-bond acceptors (Lipinski definition) is 6. The summed E-state index contributed by atoms with van der Waals surface area (Å²) in [7, 11) is 1.73. The lowest BCUT2D eigenvalue weighted by Gasteiger charge is -2.20. The third-order valence-corrected chi connectivity index (χ3v) is 2.95. The van der Waals surface area contributed by atoms with Gasteiger partial charge in [-0.05, 0) is 20.3 Å². The standard InChI is InChI=1S/C12H20N4O2/c1-8(2)18-12-10(13)11(14-7-15-12)16-5-4-9(6-16)17-3/h7-9H,4-6,13H2,1-3H3. The molecule has 100 valence electrons. The Morgan fingerprint density at radius 2 is 2.22 bits per heavy atom. The van der Waals surface area contributed by atoms with Crippen LogP contribution >= 0.6 is 0 Å². The van der Waals surface area contributed by atoms with Gasteiger partial charge in [0.15, 0.2) is 5.82 Å². The van der Waals surface area contributed by atoms with E-state index in [1.807, 2.05) is 13.8 Å². The first-order valence-electron chi connectivity index (χ1n) is 6.16. The van der Waals surface area contributed by atoms with E-state index in [0.717, 1.165) is 25.3 Å². The van der Waals surface area contributed by atoms with Crippen LogP contribution in [-0.4, -0.2) is 42.4 Å². The number of nitrogens with two attached hydrogens (primary N) is 1. The van der Waals surface area contributed by atoms with Gasteiger partial charge in [0, 0.05) is 20.2 Å². The fourth-order valence-corrected chi connectivity index (χ4v) is 2.05. The van der Waals surface area contributed by atoms with Crippen molar-refractivity contribution in [2.75, 3.05) is 30.8 Å². The van der Waals surface area contributed by atoms with E-state index in [2.05, 4.69) is 14.9 Å². The number of rotatable bonds is 4. The van der Waals surface area contributed by atoms with E-state index in [1.165, 1.54) is 6.33 Å². The van der Waals surface area contributed by atoms with Gasteiger partial charge in [-0.25, -0.2) is 4.98 Å². The summed E-state index contributed by atoms with van der Waals surface area (Å²) in [5, 5.41) is 0. The van der Waals surface area contributed by atoms with Gasteiger partial charge in [0.1, 0.15) is 12.0 Å². The normalized spacial score (nSPS) is 19.6. The first-order valence-corrected chi connectivity index (χ1v) is 6.16. The van der Waals surface area contributed by atoms with E-state index in [1.54, 1.807) is 7.11 Å². The van der Waals surface area contributed by atoms with E-state index in [4.69, 9.17) is 15.2 Å². The van der Waals surface area contributed by atoms with Crippen molar-refractivity contribution in [2.45, 2.75) is 32.5 Å². The molecular weight excluding hydrogens is 232 g/mol. The smallest absolute Gasteiger partial charge is 0.242 e. The number of hydrogen-bond donors (Lipinski definition) is 1. The average Bonchev–Trinajstić information content (AvgIpc) is 2.80.